The molecule has 0 saturated heterocycles. The van der Waals surface area contributed by atoms with E-state index in [0.717, 1.165) is 21.7 Å². The molecule has 1 nitrogen and oxygen atoms in total. The van der Waals surface area contributed by atoms with Crippen LogP contribution in [0.4, 0.5) is 0 Å². The molecule has 0 amide bonds. The van der Waals surface area contributed by atoms with Gasteiger partial charge in [0.1, 0.15) is 0 Å². The minimum absolute atomic E-state index is 0.0858. The van der Waals surface area contributed by atoms with Gasteiger partial charge >= 0.3 is 0 Å². The molecule has 0 saturated carbocycles. The fourth-order valence-corrected chi connectivity index (χ4v) is 1.67. The van der Waals surface area contributed by atoms with E-state index >= 15 is 0 Å². The summed E-state index contributed by atoms with van der Waals surface area (Å²) in [5.41, 5.74) is 2.92. The van der Waals surface area contributed by atoms with Gasteiger partial charge in [-0.1, -0.05) is 48.0 Å². The van der Waals surface area contributed by atoms with Crippen LogP contribution in [0.5, 0.6) is 0 Å². The zero-order chi connectivity index (χ0) is 11.5. The van der Waals surface area contributed by atoms with Crippen molar-refractivity contribution in [1.82, 2.24) is 0 Å². The number of hydrogen-bond donors (Lipinski definition) is 0. The topological polar surface area (TPSA) is 17.1 Å². The number of Topliss-reactive ketones (excluding diaryl/α,β-unsaturated/α-hetero) is 1. The number of carbonyl (C=O) groups excluding carboxylic acids is 1. The summed E-state index contributed by atoms with van der Waals surface area (Å²) in [6.45, 7) is 1.57. The predicted octanol–water partition coefficient (Wildman–Crippen LogP) is 4.21. The smallest absolute Gasteiger partial charge is 0.159 e. The molecular weight excluding hydrogens is 220 g/mol. The lowest BCUT2D eigenvalue weighted by Crippen LogP contribution is -1.90. The molecular formula is C14H11ClO. The van der Waals surface area contributed by atoms with Gasteiger partial charge in [0.15, 0.2) is 5.78 Å². The van der Waals surface area contributed by atoms with Gasteiger partial charge in [0.2, 0.25) is 0 Å². The molecule has 0 bridgehead atoms. The molecule has 0 atom stereocenters. The van der Waals surface area contributed by atoms with E-state index in [4.69, 9.17) is 11.6 Å². The fraction of sp³-hybridized carbons (Fsp3) is 0.0714. The minimum atomic E-state index is 0.0858. The molecule has 2 rings (SSSR count). The Labute approximate surface area is 99.7 Å². The summed E-state index contributed by atoms with van der Waals surface area (Å²) in [6, 6.07) is 15.2. The molecule has 0 unspecified atom stereocenters. The van der Waals surface area contributed by atoms with Gasteiger partial charge in [0.25, 0.3) is 0 Å². The Morgan fingerprint density at radius 3 is 1.75 bits per heavy atom. The molecule has 2 aromatic rings. The number of benzene rings is 2. The highest BCUT2D eigenvalue weighted by Crippen LogP contribution is 2.21. The monoisotopic (exact) mass is 230 g/mol. The molecule has 2 heteroatoms. The summed E-state index contributed by atoms with van der Waals surface area (Å²) in [6.07, 6.45) is 0. The van der Waals surface area contributed by atoms with Crippen molar-refractivity contribution in [1.29, 1.82) is 0 Å². The second kappa shape index (κ2) is 4.50. The Balaban J connectivity index is 2.34. The van der Waals surface area contributed by atoms with E-state index in [0.29, 0.717) is 0 Å². The van der Waals surface area contributed by atoms with E-state index in [9.17, 15) is 4.79 Å². The molecule has 0 aromatic heterocycles. The van der Waals surface area contributed by atoms with E-state index in [2.05, 4.69) is 0 Å². The molecule has 0 N–H and O–H groups in total. The van der Waals surface area contributed by atoms with Crippen LogP contribution in [0.1, 0.15) is 17.3 Å². The Hall–Kier alpha value is -1.60. The zero-order valence-corrected chi connectivity index (χ0v) is 9.66. The van der Waals surface area contributed by atoms with Crippen LogP contribution in [0.3, 0.4) is 0 Å². The van der Waals surface area contributed by atoms with E-state index in [-0.39, 0.29) is 5.78 Å². The molecule has 0 aliphatic rings. The lowest BCUT2D eigenvalue weighted by atomic mass is 10.0. The number of ketones is 1. The molecule has 0 heterocycles. The molecule has 0 fully saturated rings. The van der Waals surface area contributed by atoms with Gasteiger partial charge in [0.05, 0.1) is 0 Å². The summed E-state index contributed by atoms with van der Waals surface area (Å²) in [5.74, 6) is 0.0858. The fourth-order valence-electron chi connectivity index (χ4n) is 1.54. The van der Waals surface area contributed by atoms with Gasteiger partial charge < -0.3 is 0 Å². The Morgan fingerprint density at radius 2 is 1.31 bits per heavy atom. The minimum Gasteiger partial charge on any atom is -0.295 e. The van der Waals surface area contributed by atoms with Crippen molar-refractivity contribution in [3.8, 4) is 11.1 Å². The van der Waals surface area contributed by atoms with Crippen LogP contribution in [0.15, 0.2) is 48.5 Å². The van der Waals surface area contributed by atoms with E-state index in [1.165, 1.54) is 0 Å². The Morgan fingerprint density at radius 1 is 0.875 bits per heavy atom. The van der Waals surface area contributed by atoms with Crippen LogP contribution >= 0.6 is 11.6 Å². The van der Waals surface area contributed by atoms with Crippen LogP contribution in [-0.4, -0.2) is 5.78 Å². The Kier molecular flexibility index (Phi) is 3.07. The molecule has 80 valence electrons. The van der Waals surface area contributed by atoms with Gasteiger partial charge in [-0.25, -0.2) is 0 Å². The number of hydrogen-bond acceptors (Lipinski definition) is 1. The highest BCUT2D eigenvalue weighted by atomic mass is 35.5. The highest BCUT2D eigenvalue weighted by molar-refractivity contribution is 6.30. The highest BCUT2D eigenvalue weighted by Gasteiger charge is 2.00. The van der Waals surface area contributed by atoms with Crippen molar-refractivity contribution in [2.45, 2.75) is 6.92 Å². The third kappa shape index (κ3) is 2.31. The normalized spacial score (nSPS) is 10.1. The first-order chi connectivity index (χ1) is 7.66. The van der Waals surface area contributed by atoms with Gasteiger partial charge in [-0.2, -0.15) is 0 Å². The van der Waals surface area contributed by atoms with Gasteiger partial charge in [0, 0.05) is 10.6 Å². The van der Waals surface area contributed by atoms with Crippen molar-refractivity contribution in [3.63, 3.8) is 0 Å². The van der Waals surface area contributed by atoms with E-state index in [1.54, 1.807) is 6.92 Å². The van der Waals surface area contributed by atoms with Gasteiger partial charge in [-0.3, -0.25) is 4.79 Å². The standard InChI is InChI=1S/C14H11ClO/c1-10(16)11-2-4-12(5-3-11)13-6-8-14(15)9-7-13/h2-9H,1H3. The lowest BCUT2D eigenvalue weighted by molar-refractivity contribution is 0.101. The molecule has 0 radical (unpaired) electrons. The third-order valence-corrected chi connectivity index (χ3v) is 2.72. The predicted molar refractivity (Wildman–Crippen MR) is 66.9 cm³/mol. The lowest BCUT2D eigenvalue weighted by Gasteiger charge is -2.02. The summed E-state index contributed by atoms with van der Waals surface area (Å²) in [5, 5.41) is 0.726. The average molecular weight is 231 g/mol. The first-order valence-corrected chi connectivity index (χ1v) is 5.41. The molecule has 16 heavy (non-hydrogen) atoms. The summed E-state index contributed by atoms with van der Waals surface area (Å²) >= 11 is 5.82. The number of carbonyl (C=O) groups is 1. The van der Waals surface area contributed by atoms with Crippen molar-refractivity contribution in [2.24, 2.45) is 0 Å². The summed E-state index contributed by atoms with van der Waals surface area (Å²) < 4.78 is 0. The largest absolute Gasteiger partial charge is 0.295 e. The number of halogens is 1. The Bertz CT molecular complexity index is 497. The average Bonchev–Trinajstić information content (AvgIpc) is 2.30. The molecule has 0 spiro atoms. The molecule has 0 aliphatic heterocycles. The van der Waals surface area contributed by atoms with Gasteiger partial charge in [-0.15, -0.1) is 0 Å². The van der Waals surface area contributed by atoms with Crippen LogP contribution < -0.4 is 0 Å². The second-order valence-electron chi connectivity index (χ2n) is 3.64. The maximum atomic E-state index is 11.1. The van der Waals surface area contributed by atoms with Crippen LogP contribution in [0.25, 0.3) is 11.1 Å². The first kappa shape index (κ1) is 10.9. The first-order valence-electron chi connectivity index (χ1n) is 5.04. The van der Waals surface area contributed by atoms with Crippen LogP contribution in [-0.2, 0) is 0 Å². The zero-order valence-electron chi connectivity index (χ0n) is 8.91. The molecule has 2 aromatic carbocycles. The van der Waals surface area contributed by atoms with Crippen molar-refractivity contribution in [2.75, 3.05) is 0 Å². The third-order valence-electron chi connectivity index (χ3n) is 2.47. The van der Waals surface area contributed by atoms with E-state index in [1.807, 2.05) is 48.5 Å². The van der Waals surface area contributed by atoms with Crippen molar-refractivity contribution >= 4 is 17.4 Å². The quantitative estimate of drug-likeness (QED) is 0.707. The van der Waals surface area contributed by atoms with E-state index < -0.39 is 0 Å². The number of rotatable bonds is 2. The second-order valence-corrected chi connectivity index (χ2v) is 4.08. The molecule has 0 aliphatic carbocycles. The van der Waals surface area contributed by atoms with Gasteiger partial charge in [-0.05, 0) is 30.2 Å². The summed E-state index contributed by atoms with van der Waals surface area (Å²) in [4.78, 5) is 11.1. The maximum Gasteiger partial charge on any atom is 0.159 e. The maximum absolute atomic E-state index is 11.1. The van der Waals surface area contributed by atoms with Crippen LogP contribution in [0, 0.1) is 0 Å². The SMILES string of the molecule is CC(=O)c1ccc(-c2ccc(Cl)cc2)cc1. The van der Waals surface area contributed by atoms with Crippen molar-refractivity contribution < 1.29 is 4.79 Å². The van der Waals surface area contributed by atoms with Crippen molar-refractivity contribution in [3.05, 3.63) is 59.1 Å². The van der Waals surface area contributed by atoms with Crippen LogP contribution in [0.2, 0.25) is 5.02 Å². The summed E-state index contributed by atoms with van der Waals surface area (Å²) in [7, 11) is 0.